The van der Waals surface area contributed by atoms with Crippen LogP contribution >= 0.6 is 0 Å². The van der Waals surface area contributed by atoms with Crippen LogP contribution in [0.4, 0.5) is 0 Å². The summed E-state index contributed by atoms with van der Waals surface area (Å²) in [7, 11) is 2.98. The van der Waals surface area contributed by atoms with Gasteiger partial charge in [0.25, 0.3) is 5.91 Å². The summed E-state index contributed by atoms with van der Waals surface area (Å²) >= 11 is 0. The number of amides is 2. The van der Waals surface area contributed by atoms with Crippen LogP contribution in [0.5, 0.6) is 5.75 Å². The van der Waals surface area contributed by atoms with Gasteiger partial charge in [-0.3, -0.25) is 28.9 Å². The second kappa shape index (κ2) is 10.7. The molecule has 0 saturated carbocycles. The number of carbonyl (C=O) groups excluding carboxylic acids is 4. The molecule has 0 saturated heterocycles. The summed E-state index contributed by atoms with van der Waals surface area (Å²) in [6.07, 6.45) is -1.59. The number of carboxylic acids is 1. The number of likely N-dealkylation sites (N-methyl/N-ethyl adjacent to an activating group) is 1. The Morgan fingerprint density at radius 3 is 2.20 bits per heavy atom. The number of benzene rings is 1. The van der Waals surface area contributed by atoms with E-state index < -0.39 is 81.6 Å². The first-order valence-electron chi connectivity index (χ1n) is 12.1. The smallest absolute Gasteiger partial charge is 0.322 e. The van der Waals surface area contributed by atoms with Crippen LogP contribution in [0, 0.1) is 11.8 Å². The van der Waals surface area contributed by atoms with E-state index >= 15 is 0 Å². The lowest BCUT2D eigenvalue weighted by atomic mass is 9.55. The Hall–Kier alpha value is -4.27. The Morgan fingerprint density at radius 2 is 1.73 bits per heavy atom. The molecule has 40 heavy (non-hydrogen) atoms. The van der Waals surface area contributed by atoms with Crippen LogP contribution in [0.25, 0.3) is 0 Å². The molecule has 14 nitrogen and oxygen atoms in total. The molecule has 0 bridgehead atoms. The lowest BCUT2D eigenvalue weighted by Gasteiger charge is -2.53. The SMILES string of the molecule is CC(=O)NCC(=O)O.C[C@H]1c2cccc(O)c2C(=O)C2=C(O)[C@]3(O)C(=O)C(C(N)=O)=C(O)[C@@H](N(C)C)[C@H]3[C@@H](O)[C@@H]21. The van der Waals surface area contributed by atoms with Gasteiger partial charge < -0.3 is 41.7 Å². The van der Waals surface area contributed by atoms with Gasteiger partial charge in [0.1, 0.15) is 29.4 Å². The Morgan fingerprint density at radius 1 is 1.12 bits per heavy atom. The van der Waals surface area contributed by atoms with Crippen LogP contribution in [0.15, 0.2) is 40.9 Å². The zero-order valence-electron chi connectivity index (χ0n) is 22.1. The molecule has 0 unspecified atom stereocenters. The van der Waals surface area contributed by atoms with Gasteiger partial charge in [-0.05, 0) is 31.6 Å². The normalized spacial score (nSPS) is 29.1. The third kappa shape index (κ3) is 4.59. The van der Waals surface area contributed by atoms with Gasteiger partial charge >= 0.3 is 5.97 Å². The molecule has 4 rings (SSSR count). The molecule has 9 N–H and O–H groups in total. The summed E-state index contributed by atoms with van der Waals surface area (Å²) < 4.78 is 0. The highest BCUT2D eigenvalue weighted by Crippen LogP contribution is 2.55. The van der Waals surface area contributed by atoms with Crippen molar-refractivity contribution < 1.29 is 54.6 Å². The van der Waals surface area contributed by atoms with E-state index in [0.29, 0.717) is 5.56 Å². The van der Waals surface area contributed by atoms with Crippen molar-refractivity contribution in [1.29, 1.82) is 0 Å². The molecule has 2 amide bonds. The van der Waals surface area contributed by atoms with Crippen molar-refractivity contribution in [2.75, 3.05) is 20.6 Å². The molecule has 0 heterocycles. The molecule has 3 aliphatic rings. The molecule has 1 aromatic rings. The molecule has 0 fully saturated rings. The fraction of sp³-hybridized carbons (Fsp3) is 0.423. The maximum absolute atomic E-state index is 13.3. The Bertz CT molecular complexity index is 1350. The number of carboxylic acid groups (broad SMARTS) is 1. The third-order valence-corrected chi connectivity index (χ3v) is 7.48. The second-order valence-corrected chi connectivity index (χ2v) is 10.1. The molecule has 0 spiro atoms. The Kier molecular flexibility index (Phi) is 8.11. The van der Waals surface area contributed by atoms with Crippen molar-refractivity contribution in [3.63, 3.8) is 0 Å². The van der Waals surface area contributed by atoms with Gasteiger partial charge in [-0.15, -0.1) is 0 Å². The fourth-order valence-corrected chi connectivity index (χ4v) is 5.78. The van der Waals surface area contributed by atoms with Gasteiger partial charge in [0.05, 0.1) is 23.6 Å². The Balaban J connectivity index is 0.000000482. The van der Waals surface area contributed by atoms with Crippen molar-refractivity contribution in [2.24, 2.45) is 17.6 Å². The highest BCUT2D eigenvalue weighted by molar-refractivity contribution is 6.25. The highest BCUT2D eigenvalue weighted by atomic mass is 16.4. The average molecular weight is 562 g/mol. The lowest BCUT2D eigenvalue weighted by Crippen LogP contribution is -2.68. The van der Waals surface area contributed by atoms with Crippen LogP contribution in [0.1, 0.15) is 35.7 Å². The topological polar surface area (TPSA) is 248 Å². The third-order valence-electron chi connectivity index (χ3n) is 7.48. The maximum atomic E-state index is 13.3. The van der Waals surface area contributed by atoms with E-state index in [1.165, 1.54) is 32.0 Å². The van der Waals surface area contributed by atoms with E-state index in [0.717, 1.165) is 0 Å². The van der Waals surface area contributed by atoms with Gasteiger partial charge in [0, 0.05) is 18.4 Å². The number of aliphatic carboxylic acids is 1. The number of nitrogens with two attached hydrogens (primary N) is 1. The summed E-state index contributed by atoms with van der Waals surface area (Å²) in [5.74, 6) is -10.2. The van der Waals surface area contributed by atoms with Gasteiger partial charge in [-0.25, -0.2) is 0 Å². The van der Waals surface area contributed by atoms with Gasteiger partial charge in [-0.2, -0.15) is 0 Å². The highest BCUT2D eigenvalue weighted by Gasteiger charge is 2.67. The minimum Gasteiger partial charge on any atom is -0.510 e. The number of hydrogen-bond acceptors (Lipinski definition) is 11. The summed E-state index contributed by atoms with van der Waals surface area (Å²) in [5.41, 5.74) is 1.36. The largest absolute Gasteiger partial charge is 0.510 e. The molecule has 14 heteroatoms. The van der Waals surface area contributed by atoms with E-state index in [9.17, 15) is 49.5 Å². The number of aromatic hydroxyl groups is 1. The first-order chi connectivity index (χ1) is 18.5. The standard InChI is InChI=1S/C22H24N2O8.C4H7NO3/c1-7-8-5-4-6-9(25)11(8)16(26)12-10(7)17(27)14-15(24(2)3)18(28)13(21(23)31)20(30)22(14,32)19(12)29;1-3(6)5-2-4(7)8/h4-7,10,14-15,17,25,27-29,32H,1-3H3,(H2,23,31);2H2,1H3,(H,5,6)(H,7,8)/t7-,10+,14-,15-,17-,22-;/m0./s1. The number of primary amides is 1. The lowest BCUT2D eigenvalue weighted by molar-refractivity contribution is -0.162. The van der Waals surface area contributed by atoms with E-state index in [1.54, 1.807) is 19.1 Å². The molecule has 6 atom stereocenters. The van der Waals surface area contributed by atoms with Crippen LogP contribution in [0.2, 0.25) is 0 Å². The number of Topliss-reactive ketones (excluding diaryl/α,β-unsaturated/α-hetero) is 2. The minimum absolute atomic E-state index is 0.104. The average Bonchev–Trinajstić information content (AvgIpc) is 2.85. The number of fused-ring (bicyclic) bond motifs is 3. The number of hydrogen-bond donors (Lipinski definition) is 8. The van der Waals surface area contributed by atoms with Crippen molar-refractivity contribution >= 4 is 29.4 Å². The molecule has 0 radical (unpaired) electrons. The number of nitrogens with zero attached hydrogens (tertiary/aromatic N) is 1. The monoisotopic (exact) mass is 561 g/mol. The number of carbonyl (C=O) groups is 5. The van der Waals surface area contributed by atoms with Crippen LogP contribution in [0.3, 0.4) is 0 Å². The van der Waals surface area contributed by atoms with E-state index in [1.807, 2.05) is 0 Å². The van der Waals surface area contributed by atoms with E-state index in [2.05, 4.69) is 5.32 Å². The predicted molar refractivity (Wildman–Crippen MR) is 136 cm³/mol. The van der Waals surface area contributed by atoms with Gasteiger partial charge in [-0.1, -0.05) is 19.1 Å². The summed E-state index contributed by atoms with van der Waals surface area (Å²) in [6.45, 7) is 2.65. The minimum atomic E-state index is -2.89. The predicted octanol–water partition coefficient (Wildman–Crippen LogP) is -1.14. The summed E-state index contributed by atoms with van der Waals surface area (Å²) in [4.78, 5) is 59.5. The van der Waals surface area contributed by atoms with Crippen LogP contribution in [-0.4, -0.2) is 103 Å². The first kappa shape index (κ1) is 30.3. The number of phenolic OH excluding ortho intramolecular Hbond substituents is 1. The molecular weight excluding hydrogens is 530 g/mol. The molecular formula is C26H31N3O11. The molecule has 1 aromatic carbocycles. The number of rotatable bonds is 4. The molecule has 0 aliphatic heterocycles. The molecule has 0 aromatic heterocycles. The van der Waals surface area contributed by atoms with Crippen molar-refractivity contribution in [2.45, 2.75) is 37.5 Å². The number of aliphatic hydroxyl groups excluding tert-OH is 3. The van der Waals surface area contributed by atoms with Crippen molar-refractivity contribution in [3.8, 4) is 5.75 Å². The number of nitrogens with one attached hydrogen (secondary N) is 1. The first-order valence-corrected chi connectivity index (χ1v) is 12.1. The van der Waals surface area contributed by atoms with E-state index in [4.69, 9.17) is 10.8 Å². The summed E-state index contributed by atoms with van der Waals surface area (Å²) in [5, 5.41) is 65.1. The van der Waals surface area contributed by atoms with Crippen molar-refractivity contribution in [1.82, 2.24) is 10.2 Å². The Labute approximate surface area is 228 Å². The van der Waals surface area contributed by atoms with Crippen molar-refractivity contribution in [3.05, 3.63) is 52.0 Å². The van der Waals surface area contributed by atoms with Gasteiger partial charge in [0.15, 0.2) is 11.4 Å². The quantitative estimate of drug-likeness (QED) is 0.203. The number of phenols is 1. The van der Waals surface area contributed by atoms with E-state index in [-0.39, 0.29) is 23.8 Å². The second-order valence-electron chi connectivity index (χ2n) is 10.1. The zero-order valence-corrected chi connectivity index (χ0v) is 22.1. The fourth-order valence-electron chi connectivity index (χ4n) is 5.78. The number of aliphatic hydroxyl groups is 4. The van der Waals surface area contributed by atoms with Crippen LogP contribution < -0.4 is 11.1 Å². The molecule has 216 valence electrons. The zero-order chi connectivity index (χ0) is 30.4. The maximum Gasteiger partial charge on any atom is 0.322 e. The summed E-state index contributed by atoms with van der Waals surface area (Å²) in [6, 6.07) is 3.17. The van der Waals surface area contributed by atoms with Gasteiger partial charge in [0.2, 0.25) is 11.7 Å². The number of ketones is 2. The molecule has 3 aliphatic carbocycles. The van der Waals surface area contributed by atoms with Crippen LogP contribution in [-0.2, 0) is 19.2 Å².